The van der Waals surface area contributed by atoms with Crippen LogP contribution in [0.2, 0.25) is 0 Å². The molecule has 1 aromatic heterocycles. The normalized spacial score (nSPS) is 15.4. The van der Waals surface area contributed by atoms with Gasteiger partial charge in [0.05, 0.1) is 10.6 Å². The second-order valence-electron chi connectivity index (χ2n) is 8.41. The lowest BCUT2D eigenvalue weighted by Gasteiger charge is -2.34. The van der Waals surface area contributed by atoms with E-state index >= 15 is 0 Å². The van der Waals surface area contributed by atoms with Gasteiger partial charge in [-0.05, 0) is 44.4 Å². The van der Waals surface area contributed by atoms with Gasteiger partial charge in [-0.2, -0.15) is 4.31 Å². The Morgan fingerprint density at radius 3 is 2.26 bits per heavy atom. The lowest BCUT2D eigenvalue weighted by atomic mass is 10.1. The van der Waals surface area contributed by atoms with E-state index < -0.39 is 10.0 Å². The number of piperazine rings is 1. The number of thiazole rings is 1. The van der Waals surface area contributed by atoms with Crippen molar-refractivity contribution >= 4 is 26.5 Å². The maximum Gasteiger partial charge on any atom is 0.243 e. The number of anilines is 1. The Morgan fingerprint density at radius 2 is 1.61 bits per heavy atom. The van der Waals surface area contributed by atoms with Crippen LogP contribution in [-0.4, -0.2) is 43.9 Å². The van der Waals surface area contributed by atoms with Crippen LogP contribution in [0.25, 0.3) is 0 Å². The van der Waals surface area contributed by atoms with Crippen molar-refractivity contribution in [3.63, 3.8) is 0 Å². The Hall–Kier alpha value is -2.22. The zero-order chi connectivity index (χ0) is 22.2. The van der Waals surface area contributed by atoms with Crippen LogP contribution in [0, 0.1) is 27.7 Å². The molecule has 0 unspecified atom stereocenters. The lowest BCUT2D eigenvalue weighted by Crippen LogP contribution is -2.48. The van der Waals surface area contributed by atoms with Crippen LogP contribution < -0.4 is 4.90 Å². The topological polar surface area (TPSA) is 53.5 Å². The zero-order valence-corrected chi connectivity index (χ0v) is 20.2. The second kappa shape index (κ2) is 8.73. The number of nitrogens with zero attached hydrogens (tertiary/aromatic N) is 3. The molecule has 1 fully saturated rings. The van der Waals surface area contributed by atoms with Crippen LogP contribution in [0.5, 0.6) is 0 Å². The molecule has 0 atom stereocenters. The summed E-state index contributed by atoms with van der Waals surface area (Å²) in [6.07, 6.45) is 0.818. The molecule has 31 heavy (non-hydrogen) atoms. The Bertz CT molecular complexity index is 1170. The molecule has 0 radical (unpaired) electrons. The number of aromatic nitrogens is 1. The molecule has 1 aliphatic heterocycles. The van der Waals surface area contributed by atoms with Crippen LogP contribution >= 0.6 is 11.3 Å². The number of aryl methyl sites for hydroxylation is 4. The van der Waals surface area contributed by atoms with Gasteiger partial charge in [0, 0.05) is 38.0 Å². The van der Waals surface area contributed by atoms with E-state index in [-0.39, 0.29) is 0 Å². The molecular weight excluding hydrogens is 426 g/mol. The van der Waals surface area contributed by atoms with Gasteiger partial charge < -0.3 is 4.90 Å². The van der Waals surface area contributed by atoms with Crippen molar-refractivity contribution < 1.29 is 8.42 Å². The molecule has 3 aromatic rings. The van der Waals surface area contributed by atoms with E-state index in [1.165, 1.54) is 11.1 Å². The number of sulfonamides is 1. The summed E-state index contributed by atoms with van der Waals surface area (Å²) in [5, 5.41) is 3.09. The molecule has 4 rings (SSSR count). The molecule has 0 aliphatic carbocycles. The minimum absolute atomic E-state index is 0.459. The highest BCUT2D eigenvalue weighted by Crippen LogP contribution is 2.28. The highest BCUT2D eigenvalue weighted by Gasteiger charge is 2.31. The molecule has 0 saturated carbocycles. The summed E-state index contributed by atoms with van der Waals surface area (Å²) in [5.74, 6) is 0. The summed E-state index contributed by atoms with van der Waals surface area (Å²) in [6, 6.07) is 12.4. The molecule has 2 heterocycles. The van der Waals surface area contributed by atoms with E-state index in [1.807, 2.05) is 32.9 Å². The number of benzene rings is 2. The molecule has 0 bridgehead atoms. The van der Waals surface area contributed by atoms with E-state index in [1.54, 1.807) is 15.6 Å². The van der Waals surface area contributed by atoms with Crippen molar-refractivity contribution in [2.24, 2.45) is 0 Å². The van der Waals surface area contributed by atoms with Gasteiger partial charge in [-0.3, -0.25) is 0 Å². The molecule has 5 nitrogen and oxygen atoms in total. The molecule has 0 N–H and O–H groups in total. The molecule has 1 saturated heterocycles. The monoisotopic (exact) mass is 455 g/mol. The van der Waals surface area contributed by atoms with Gasteiger partial charge in [-0.15, -0.1) is 11.3 Å². The van der Waals surface area contributed by atoms with E-state index in [4.69, 9.17) is 4.98 Å². The zero-order valence-electron chi connectivity index (χ0n) is 18.6. The lowest BCUT2D eigenvalue weighted by molar-refractivity contribution is 0.384. The molecular formula is C24H29N3O2S2. The smallest absolute Gasteiger partial charge is 0.243 e. The van der Waals surface area contributed by atoms with Crippen molar-refractivity contribution in [1.29, 1.82) is 0 Å². The predicted molar refractivity (Wildman–Crippen MR) is 128 cm³/mol. The van der Waals surface area contributed by atoms with Gasteiger partial charge in [0.1, 0.15) is 0 Å². The van der Waals surface area contributed by atoms with Crippen molar-refractivity contribution in [2.75, 3.05) is 31.1 Å². The molecule has 1 aliphatic rings. The molecule has 0 amide bonds. The predicted octanol–water partition coefficient (Wildman–Crippen LogP) is 4.48. The largest absolute Gasteiger partial charge is 0.345 e. The first kappa shape index (κ1) is 22.0. The highest BCUT2D eigenvalue weighted by molar-refractivity contribution is 7.89. The molecule has 164 valence electrons. The highest BCUT2D eigenvalue weighted by atomic mass is 32.2. The van der Waals surface area contributed by atoms with Crippen LogP contribution in [0.4, 0.5) is 5.13 Å². The summed E-state index contributed by atoms with van der Waals surface area (Å²) in [6.45, 7) is 10.1. The summed E-state index contributed by atoms with van der Waals surface area (Å²) in [5.41, 5.74) is 6.30. The Kier molecular flexibility index (Phi) is 6.19. The van der Waals surface area contributed by atoms with Crippen LogP contribution in [0.1, 0.15) is 33.5 Å². The minimum atomic E-state index is -3.50. The number of hydrogen-bond donors (Lipinski definition) is 0. The molecule has 0 spiro atoms. The van der Waals surface area contributed by atoms with E-state index in [0.717, 1.165) is 33.9 Å². The summed E-state index contributed by atoms with van der Waals surface area (Å²) < 4.78 is 28.2. The van der Waals surface area contributed by atoms with Crippen molar-refractivity contribution in [3.8, 4) is 0 Å². The van der Waals surface area contributed by atoms with E-state index in [9.17, 15) is 8.42 Å². The third kappa shape index (κ3) is 4.68. The van der Waals surface area contributed by atoms with E-state index in [2.05, 4.69) is 41.5 Å². The van der Waals surface area contributed by atoms with Crippen LogP contribution in [0.3, 0.4) is 0 Å². The average Bonchev–Trinajstić information content (AvgIpc) is 3.15. The molecule has 7 heteroatoms. The third-order valence-electron chi connectivity index (χ3n) is 5.72. The van der Waals surface area contributed by atoms with Gasteiger partial charge in [-0.1, -0.05) is 47.5 Å². The third-order valence-corrected chi connectivity index (χ3v) is 8.87. The first-order valence-electron chi connectivity index (χ1n) is 10.6. The van der Waals surface area contributed by atoms with Crippen molar-refractivity contribution in [3.05, 3.63) is 75.3 Å². The molecule has 2 aromatic carbocycles. The minimum Gasteiger partial charge on any atom is -0.345 e. The van der Waals surface area contributed by atoms with Gasteiger partial charge in [-0.25, -0.2) is 13.4 Å². The fourth-order valence-corrected chi connectivity index (χ4v) is 7.09. The Labute approximate surface area is 189 Å². The Morgan fingerprint density at radius 1 is 0.935 bits per heavy atom. The number of hydrogen-bond acceptors (Lipinski definition) is 5. The standard InChI is InChI=1S/C24H29N3O2S2/c1-17-6-5-7-21(14-17)15-22-16-30-24(25-22)26-8-10-27(11-9-26)31(28,29)23-19(3)12-18(2)13-20(23)4/h5-7,12-14,16H,8-11,15H2,1-4H3. The van der Waals surface area contributed by atoms with Crippen LogP contribution in [0.15, 0.2) is 46.7 Å². The Balaban J connectivity index is 1.44. The summed E-state index contributed by atoms with van der Waals surface area (Å²) >= 11 is 1.64. The van der Waals surface area contributed by atoms with Crippen molar-refractivity contribution in [1.82, 2.24) is 9.29 Å². The average molecular weight is 456 g/mol. The maximum atomic E-state index is 13.3. The van der Waals surface area contributed by atoms with E-state index in [0.29, 0.717) is 31.1 Å². The summed E-state index contributed by atoms with van der Waals surface area (Å²) in [4.78, 5) is 7.48. The fraction of sp³-hybridized carbons (Fsp3) is 0.375. The maximum absolute atomic E-state index is 13.3. The van der Waals surface area contributed by atoms with Gasteiger partial charge in [0.2, 0.25) is 10.0 Å². The van der Waals surface area contributed by atoms with Crippen molar-refractivity contribution in [2.45, 2.75) is 39.0 Å². The first-order valence-corrected chi connectivity index (χ1v) is 12.9. The van der Waals surface area contributed by atoms with Crippen LogP contribution in [-0.2, 0) is 16.4 Å². The quantitative estimate of drug-likeness (QED) is 0.569. The van der Waals surface area contributed by atoms with Gasteiger partial charge in [0.25, 0.3) is 0 Å². The number of rotatable bonds is 5. The second-order valence-corrected chi connectivity index (χ2v) is 11.1. The SMILES string of the molecule is Cc1cccc(Cc2csc(N3CCN(S(=O)(=O)c4c(C)cc(C)cc4C)CC3)n2)c1. The van der Waals surface area contributed by atoms with Gasteiger partial charge >= 0.3 is 0 Å². The first-order chi connectivity index (χ1) is 14.7. The summed E-state index contributed by atoms with van der Waals surface area (Å²) in [7, 11) is -3.50. The fourth-order valence-electron chi connectivity index (χ4n) is 4.38. The van der Waals surface area contributed by atoms with Gasteiger partial charge in [0.15, 0.2) is 5.13 Å².